The predicted molar refractivity (Wildman–Crippen MR) is 62.7 cm³/mol. The number of hydrogen-bond acceptors (Lipinski definition) is 4. The van der Waals surface area contributed by atoms with Crippen molar-refractivity contribution in [3.05, 3.63) is 0 Å². The fourth-order valence-corrected chi connectivity index (χ4v) is 1.68. The smallest absolute Gasteiger partial charge is 0.407 e. The zero-order chi connectivity index (χ0) is 13.1. The molecule has 1 aliphatic carbocycles. The zero-order valence-electron chi connectivity index (χ0n) is 10.3. The van der Waals surface area contributed by atoms with E-state index in [0.717, 1.165) is 0 Å². The monoisotopic (exact) mass is 263 g/mol. The quantitative estimate of drug-likeness (QED) is 0.625. The molecule has 0 aliphatic heterocycles. The van der Waals surface area contributed by atoms with E-state index in [4.69, 9.17) is 16.3 Å². The van der Waals surface area contributed by atoms with Crippen molar-refractivity contribution < 1.29 is 19.1 Å². The highest BCUT2D eigenvalue weighted by atomic mass is 35.5. The van der Waals surface area contributed by atoms with E-state index < -0.39 is 11.7 Å². The van der Waals surface area contributed by atoms with Gasteiger partial charge < -0.3 is 14.8 Å². The van der Waals surface area contributed by atoms with Gasteiger partial charge in [0.15, 0.2) is 6.07 Å². The van der Waals surface area contributed by atoms with Gasteiger partial charge in [0, 0.05) is 6.04 Å². The van der Waals surface area contributed by atoms with E-state index in [1.807, 2.05) is 0 Å². The number of alkyl carbamates (subject to hydrolysis) is 1. The van der Waals surface area contributed by atoms with Crippen LogP contribution in [-0.2, 0) is 14.3 Å². The summed E-state index contributed by atoms with van der Waals surface area (Å²) in [6.45, 7) is 5.40. The molecule has 0 bridgehead atoms. The SMILES string of the molecule is CC(C)(C)OC(=O)NC1CC(C(=O)OCCl)C1. The van der Waals surface area contributed by atoms with Crippen LogP contribution in [-0.4, -0.2) is 29.8 Å². The molecule has 0 radical (unpaired) electrons. The summed E-state index contributed by atoms with van der Waals surface area (Å²) in [7, 11) is 0. The molecule has 6 heteroatoms. The van der Waals surface area contributed by atoms with Gasteiger partial charge in [-0.1, -0.05) is 11.6 Å². The van der Waals surface area contributed by atoms with Crippen LogP contribution in [0.15, 0.2) is 0 Å². The number of esters is 1. The minimum absolute atomic E-state index is 0.0160. The topological polar surface area (TPSA) is 64.6 Å². The molecular weight excluding hydrogens is 246 g/mol. The Morgan fingerprint density at radius 3 is 2.41 bits per heavy atom. The second-order valence-corrected chi connectivity index (χ2v) is 5.30. The third kappa shape index (κ3) is 4.81. The van der Waals surface area contributed by atoms with Gasteiger partial charge in [0.2, 0.25) is 0 Å². The van der Waals surface area contributed by atoms with E-state index in [1.54, 1.807) is 20.8 Å². The van der Waals surface area contributed by atoms with Crippen LogP contribution in [0.4, 0.5) is 4.79 Å². The molecule has 0 saturated heterocycles. The average molecular weight is 264 g/mol. The molecule has 1 N–H and O–H groups in total. The number of ether oxygens (including phenoxy) is 2. The minimum atomic E-state index is -0.509. The van der Waals surface area contributed by atoms with E-state index in [2.05, 4.69) is 10.1 Å². The molecule has 1 aliphatic rings. The highest BCUT2D eigenvalue weighted by Gasteiger charge is 2.37. The van der Waals surface area contributed by atoms with Crippen molar-refractivity contribution in [2.45, 2.75) is 45.3 Å². The van der Waals surface area contributed by atoms with E-state index >= 15 is 0 Å². The average Bonchev–Trinajstić information content (AvgIpc) is 2.07. The van der Waals surface area contributed by atoms with Crippen LogP contribution in [0.2, 0.25) is 0 Å². The summed E-state index contributed by atoms with van der Waals surface area (Å²) in [5, 5.41) is 2.70. The number of amides is 1. The van der Waals surface area contributed by atoms with Crippen molar-refractivity contribution in [2.24, 2.45) is 5.92 Å². The third-order valence-corrected chi connectivity index (χ3v) is 2.50. The lowest BCUT2D eigenvalue weighted by molar-refractivity contribution is -0.150. The van der Waals surface area contributed by atoms with Gasteiger partial charge in [-0.2, -0.15) is 0 Å². The van der Waals surface area contributed by atoms with Gasteiger partial charge in [0.1, 0.15) is 5.60 Å². The molecular formula is C11H18ClNO4. The Kier molecular flexibility index (Phi) is 4.62. The summed E-state index contributed by atoms with van der Waals surface area (Å²) >= 11 is 5.28. The maximum absolute atomic E-state index is 11.4. The molecule has 0 aromatic heterocycles. The maximum atomic E-state index is 11.4. The Morgan fingerprint density at radius 1 is 1.35 bits per heavy atom. The first-order chi connectivity index (χ1) is 7.81. The highest BCUT2D eigenvalue weighted by molar-refractivity contribution is 6.17. The number of alkyl halides is 1. The molecule has 0 heterocycles. The Hall–Kier alpha value is -0.970. The molecule has 1 fully saturated rings. The number of carbonyl (C=O) groups is 2. The molecule has 0 unspecified atom stereocenters. The lowest BCUT2D eigenvalue weighted by Gasteiger charge is -2.34. The molecule has 5 nitrogen and oxygen atoms in total. The number of nitrogens with one attached hydrogen (secondary N) is 1. The van der Waals surface area contributed by atoms with Gasteiger partial charge >= 0.3 is 12.1 Å². The first-order valence-corrected chi connectivity index (χ1v) is 6.07. The number of rotatable bonds is 3. The van der Waals surface area contributed by atoms with Gasteiger partial charge in [0.25, 0.3) is 0 Å². The largest absolute Gasteiger partial charge is 0.449 e. The van der Waals surface area contributed by atoms with Gasteiger partial charge in [-0.3, -0.25) is 4.79 Å². The summed E-state index contributed by atoms with van der Waals surface area (Å²) in [5.41, 5.74) is -0.509. The van der Waals surface area contributed by atoms with Crippen molar-refractivity contribution in [2.75, 3.05) is 6.07 Å². The van der Waals surface area contributed by atoms with Crippen LogP contribution in [0.3, 0.4) is 0 Å². The second kappa shape index (κ2) is 5.58. The van der Waals surface area contributed by atoms with Crippen molar-refractivity contribution in [3.8, 4) is 0 Å². The van der Waals surface area contributed by atoms with Gasteiger partial charge in [-0.05, 0) is 33.6 Å². The Labute approximate surface area is 106 Å². The second-order valence-electron chi connectivity index (χ2n) is 5.08. The molecule has 0 aromatic rings. The summed E-state index contributed by atoms with van der Waals surface area (Å²) in [6.07, 6.45) is 0.705. The normalized spacial score (nSPS) is 23.5. The van der Waals surface area contributed by atoms with Crippen LogP contribution < -0.4 is 5.32 Å². The maximum Gasteiger partial charge on any atom is 0.407 e. The Bertz CT molecular complexity index is 294. The van der Waals surface area contributed by atoms with Crippen molar-refractivity contribution >= 4 is 23.7 Å². The summed E-state index contributed by atoms with van der Waals surface area (Å²) in [5.74, 6) is -0.462. The number of carbonyl (C=O) groups excluding carboxylic acids is 2. The van der Waals surface area contributed by atoms with Gasteiger partial charge in [0.05, 0.1) is 5.92 Å². The first-order valence-electron chi connectivity index (χ1n) is 5.54. The molecule has 98 valence electrons. The number of hydrogen-bond donors (Lipinski definition) is 1. The fraction of sp³-hybridized carbons (Fsp3) is 0.818. The summed E-state index contributed by atoms with van der Waals surface area (Å²) in [6, 6.07) is -0.141. The van der Waals surface area contributed by atoms with Crippen LogP contribution in [0.1, 0.15) is 33.6 Å². The minimum Gasteiger partial charge on any atom is -0.449 e. The lowest BCUT2D eigenvalue weighted by Crippen LogP contribution is -2.48. The highest BCUT2D eigenvalue weighted by Crippen LogP contribution is 2.28. The third-order valence-electron chi connectivity index (χ3n) is 2.39. The van der Waals surface area contributed by atoms with Gasteiger partial charge in [-0.25, -0.2) is 4.79 Å². The molecule has 1 rings (SSSR count). The zero-order valence-corrected chi connectivity index (χ0v) is 11.0. The fourth-order valence-electron chi connectivity index (χ4n) is 1.57. The number of halogens is 1. The predicted octanol–water partition coefficient (Wildman–Crippen LogP) is 2.03. The molecule has 0 spiro atoms. The lowest BCUT2D eigenvalue weighted by atomic mass is 9.80. The molecule has 1 saturated carbocycles. The van der Waals surface area contributed by atoms with Crippen molar-refractivity contribution in [1.29, 1.82) is 0 Å². The van der Waals surface area contributed by atoms with E-state index in [9.17, 15) is 9.59 Å². The van der Waals surface area contributed by atoms with Crippen molar-refractivity contribution in [3.63, 3.8) is 0 Å². The Balaban J connectivity index is 2.21. The Morgan fingerprint density at radius 2 is 1.94 bits per heavy atom. The molecule has 1 amide bonds. The summed E-state index contributed by atoms with van der Waals surface area (Å²) < 4.78 is 9.76. The van der Waals surface area contributed by atoms with Crippen LogP contribution >= 0.6 is 11.6 Å². The van der Waals surface area contributed by atoms with E-state index in [1.165, 1.54) is 0 Å². The molecule has 0 atom stereocenters. The first kappa shape index (κ1) is 14.1. The van der Waals surface area contributed by atoms with E-state index in [0.29, 0.717) is 12.8 Å². The van der Waals surface area contributed by atoms with Crippen LogP contribution in [0.5, 0.6) is 0 Å². The van der Waals surface area contributed by atoms with Crippen LogP contribution in [0.25, 0.3) is 0 Å². The van der Waals surface area contributed by atoms with Crippen LogP contribution in [0, 0.1) is 5.92 Å². The van der Waals surface area contributed by atoms with E-state index in [-0.39, 0.29) is 24.0 Å². The van der Waals surface area contributed by atoms with Gasteiger partial charge in [-0.15, -0.1) is 0 Å². The standard InChI is InChI=1S/C11H18ClNO4/c1-11(2,3)17-10(15)13-8-4-7(5-8)9(14)16-6-12/h7-8H,4-6H2,1-3H3,(H,13,15). The molecule has 0 aromatic carbocycles. The summed E-state index contributed by atoms with van der Waals surface area (Å²) in [4.78, 5) is 22.6. The van der Waals surface area contributed by atoms with Crippen molar-refractivity contribution in [1.82, 2.24) is 5.32 Å². The molecule has 17 heavy (non-hydrogen) atoms.